The van der Waals surface area contributed by atoms with E-state index in [-0.39, 0.29) is 36.1 Å². The highest BCUT2D eigenvalue weighted by atomic mass is 35.5. The number of pyridine rings is 1. The van der Waals surface area contributed by atoms with Crippen LogP contribution in [0.3, 0.4) is 0 Å². The molecule has 1 amide bonds. The molecule has 0 aliphatic carbocycles. The lowest BCUT2D eigenvalue weighted by Gasteiger charge is -2.32. The van der Waals surface area contributed by atoms with Gasteiger partial charge in [0.15, 0.2) is 0 Å². The number of amides is 1. The average molecular weight is 306 g/mol. The Morgan fingerprint density at radius 3 is 2.79 bits per heavy atom. The summed E-state index contributed by atoms with van der Waals surface area (Å²) in [7, 11) is 0. The standard InChI is InChI=1S/C13H19N3O.2ClH/c1-10-8-14-7-4-11(10)16-12(17)13(2)5-3-6-15-9-13;;/h4,7-8,15H,3,5-6,9H2,1-2H3,(H,14,16,17);2*1H. The molecular formula is C13H21Cl2N3O. The lowest BCUT2D eigenvalue weighted by molar-refractivity contribution is -0.125. The van der Waals surface area contributed by atoms with Gasteiger partial charge in [-0.3, -0.25) is 9.78 Å². The van der Waals surface area contributed by atoms with Gasteiger partial charge < -0.3 is 10.6 Å². The molecule has 2 heterocycles. The van der Waals surface area contributed by atoms with Crippen LogP contribution in [-0.2, 0) is 4.79 Å². The monoisotopic (exact) mass is 305 g/mol. The zero-order valence-electron chi connectivity index (χ0n) is 11.2. The molecule has 1 saturated heterocycles. The quantitative estimate of drug-likeness (QED) is 0.883. The first kappa shape index (κ1) is 18.2. The molecule has 6 heteroatoms. The van der Waals surface area contributed by atoms with Gasteiger partial charge in [0.05, 0.1) is 5.41 Å². The molecule has 1 aliphatic rings. The number of hydrogen-bond donors (Lipinski definition) is 2. The van der Waals surface area contributed by atoms with Crippen molar-refractivity contribution in [3.63, 3.8) is 0 Å². The van der Waals surface area contributed by atoms with Gasteiger partial charge in [0.2, 0.25) is 5.91 Å². The molecule has 1 atom stereocenters. The fourth-order valence-corrected chi connectivity index (χ4v) is 2.14. The normalized spacial score (nSPS) is 21.8. The Balaban J connectivity index is 0.00000162. The summed E-state index contributed by atoms with van der Waals surface area (Å²) in [4.78, 5) is 16.3. The van der Waals surface area contributed by atoms with E-state index in [9.17, 15) is 4.79 Å². The molecule has 0 bridgehead atoms. The number of anilines is 1. The Morgan fingerprint density at radius 1 is 1.47 bits per heavy atom. The van der Waals surface area contributed by atoms with Crippen molar-refractivity contribution in [3.05, 3.63) is 24.0 Å². The number of aromatic nitrogens is 1. The molecule has 2 rings (SSSR count). The van der Waals surface area contributed by atoms with E-state index in [2.05, 4.69) is 15.6 Å². The van der Waals surface area contributed by atoms with Crippen molar-refractivity contribution >= 4 is 36.4 Å². The molecule has 0 spiro atoms. The summed E-state index contributed by atoms with van der Waals surface area (Å²) in [6.07, 6.45) is 5.45. The molecule has 19 heavy (non-hydrogen) atoms. The van der Waals surface area contributed by atoms with Crippen LogP contribution in [0.25, 0.3) is 0 Å². The number of nitrogens with one attached hydrogen (secondary N) is 2. The Labute approximate surface area is 126 Å². The van der Waals surface area contributed by atoms with Crippen molar-refractivity contribution in [2.45, 2.75) is 26.7 Å². The van der Waals surface area contributed by atoms with Gasteiger partial charge in [0, 0.05) is 24.6 Å². The predicted octanol–water partition coefficient (Wildman–Crippen LogP) is 2.56. The van der Waals surface area contributed by atoms with Crippen molar-refractivity contribution in [2.24, 2.45) is 5.41 Å². The number of carbonyl (C=O) groups excluding carboxylic acids is 1. The zero-order valence-corrected chi connectivity index (χ0v) is 12.9. The molecule has 2 N–H and O–H groups in total. The molecule has 4 nitrogen and oxygen atoms in total. The van der Waals surface area contributed by atoms with E-state index < -0.39 is 0 Å². The van der Waals surface area contributed by atoms with Crippen LogP contribution >= 0.6 is 24.8 Å². The van der Waals surface area contributed by atoms with Crippen molar-refractivity contribution in [1.82, 2.24) is 10.3 Å². The van der Waals surface area contributed by atoms with Gasteiger partial charge in [-0.05, 0) is 44.9 Å². The topological polar surface area (TPSA) is 54.0 Å². The van der Waals surface area contributed by atoms with Gasteiger partial charge >= 0.3 is 0 Å². The fourth-order valence-electron chi connectivity index (χ4n) is 2.14. The Kier molecular flexibility index (Phi) is 7.34. The van der Waals surface area contributed by atoms with E-state index in [1.54, 1.807) is 12.4 Å². The Morgan fingerprint density at radius 2 is 2.21 bits per heavy atom. The lowest BCUT2D eigenvalue weighted by Crippen LogP contribution is -2.46. The third kappa shape index (κ3) is 4.34. The van der Waals surface area contributed by atoms with E-state index in [0.29, 0.717) is 0 Å². The highest BCUT2D eigenvalue weighted by molar-refractivity contribution is 5.95. The number of halogens is 2. The van der Waals surface area contributed by atoms with Gasteiger partial charge in [-0.25, -0.2) is 0 Å². The molecule has 1 aliphatic heterocycles. The summed E-state index contributed by atoms with van der Waals surface area (Å²) in [5.41, 5.74) is 1.55. The fraction of sp³-hybridized carbons (Fsp3) is 0.538. The summed E-state index contributed by atoms with van der Waals surface area (Å²) in [5, 5.41) is 6.28. The van der Waals surface area contributed by atoms with E-state index in [0.717, 1.165) is 37.2 Å². The predicted molar refractivity (Wildman–Crippen MR) is 82.3 cm³/mol. The van der Waals surface area contributed by atoms with Crippen LogP contribution < -0.4 is 10.6 Å². The Bertz CT molecular complexity index is 420. The number of rotatable bonds is 2. The van der Waals surface area contributed by atoms with E-state index >= 15 is 0 Å². The summed E-state index contributed by atoms with van der Waals surface area (Å²) in [6.45, 7) is 5.73. The SMILES string of the molecule is Cc1cnccc1NC(=O)C1(C)CCCNC1.Cl.Cl. The average Bonchev–Trinajstić information content (AvgIpc) is 2.33. The molecule has 1 fully saturated rings. The second kappa shape index (κ2) is 7.68. The molecule has 108 valence electrons. The summed E-state index contributed by atoms with van der Waals surface area (Å²) in [5.74, 6) is 0.0963. The maximum Gasteiger partial charge on any atom is 0.231 e. The van der Waals surface area contributed by atoms with Crippen molar-refractivity contribution in [1.29, 1.82) is 0 Å². The van der Waals surface area contributed by atoms with Crippen LogP contribution in [0.2, 0.25) is 0 Å². The largest absolute Gasteiger partial charge is 0.325 e. The zero-order chi connectivity index (χ0) is 12.3. The smallest absolute Gasteiger partial charge is 0.231 e. The third-order valence-electron chi connectivity index (χ3n) is 3.41. The molecule has 1 aromatic rings. The highest BCUT2D eigenvalue weighted by Gasteiger charge is 2.34. The van der Waals surface area contributed by atoms with Crippen molar-refractivity contribution < 1.29 is 4.79 Å². The number of aryl methyl sites for hydroxylation is 1. The summed E-state index contributed by atoms with van der Waals surface area (Å²) in [6, 6.07) is 1.84. The third-order valence-corrected chi connectivity index (χ3v) is 3.41. The summed E-state index contributed by atoms with van der Waals surface area (Å²) >= 11 is 0. The van der Waals surface area contributed by atoms with Crippen molar-refractivity contribution in [2.75, 3.05) is 18.4 Å². The van der Waals surface area contributed by atoms with Crippen LogP contribution in [0.4, 0.5) is 5.69 Å². The Hall–Kier alpha value is -0.840. The number of piperidine rings is 1. The van der Waals surface area contributed by atoms with E-state index in [1.807, 2.05) is 19.9 Å². The van der Waals surface area contributed by atoms with Gasteiger partial charge in [-0.15, -0.1) is 24.8 Å². The first-order chi connectivity index (χ1) is 8.12. The minimum atomic E-state index is -0.298. The van der Waals surface area contributed by atoms with Crippen molar-refractivity contribution in [3.8, 4) is 0 Å². The molecule has 0 radical (unpaired) electrons. The van der Waals surface area contributed by atoms with Gasteiger partial charge in [0.25, 0.3) is 0 Å². The minimum absolute atomic E-state index is 0. The number of hydrogen-bond acceptors (Lipinski definition) is 3. The molecule has 1 aromatic heterocycles. The van der Waals surface area contributed by atoms with E-state index in [4.69, 9.17) is 0 Å². The van der Waals surface area contributed by atoms with Crippen LogP contribution in [0, 0.1) is 12.3 Å². The second-order valence-electron chi connectivity index (χ2n) is 4.99. The maximum absolute atomic E-state index is 12.3. The summed E-state index contributed by atoms with van der Waals surface area (Å²) < 4.78 is 0. The second-order valence-corrected chi connectivity index (χ2v) is 4.99. The van der Waals surface area contributed by atoms with Gasteiger partial charge in [-0.2, -0.15) is 0 Å². The van der Waals surface area contributed by atoms with Crippen LogP contribution in [0.15, 0.2) is 18.5 Å². The maximum atomic E-state index is 12.3. The van der Waals surface area contributed by atoms with Gasteiger partial charge in [0.1, 0.15) is 0 Å². The number of nitrogens with zero attached hydrogens (tertiary/aromatic N) is 1. The highest BCUT2D eigenvalue weighted by Crippen LogP contribution is 2.27. The van der Waals surface area contributed by atoms with Crippen LogP contribution in [-0.4, -0.2) is 24.0 Å². The van der Waals surface area contributed by atoms with Gasteiger partial charge in [-0.1, -0.05) is 0 Å². The molecular weight excluding hydrogens is 285 g/mol. The molecule has 0 aromatic carbocycles. The number of carbonyl (C=O) groups is 1. The minimum Gasteiger partial charge on any atom is -0.325 e. The van der Waals surface area contributed by atoms with Crippen LogP contribution in [0.5, 0.6) is 0 Å². The van der Waals surface area contributed by atoms with E-state index in [1.165, 1.54) is 0 Å². The molecule has 1 unspecified atom stereocenters. The first-order valence-electron chi connectivity index (χ1n) is 6.05. The lowest BCUT2D eigenvalue weighted by atomic mass is 9.82. The molecule has 0 saturated carbocycles. The first-order valence-corrected chi connectivity index (χ1v) is 6.05. The van der Waals surface area contributed by atoms with Crippen LogP contribution in [0.1, 0.15) is 25.3 Å².